The van der Waals surface area contributed by atoms with Crippen LogP contribution in [-0.4, -0.2) is 17.5 Å². The minimum absolute atomic E-state index is 0.0256. The fourth-order valence-corrected chi connectivity index (χ4v) is 7.21. The summed E-state index contributed by atoms with van der Waals surface area (Å²) in [5, 5.41) is 4.15. The van der Waals surface area contributed by atoms with Gasteiger partial charge in [-0.15, -0.1) is 0 Å². The summed E-state index contributed by atoms with van der Waals surface area (Å²) in [5.74, 6) is 0. The second-order valence-corrected chi connectivity index (χ2v) is 12.5. The third-order valence-electron chi connectivity index (χ3n) is 10.00. The van der Waals surface area contributed by atoms with Crippen LogP contribution < -0.4 is 9.47 Å². The molecular formula is C34H38N3+. The molecule has 3 aromatic carbocycles. The molecule has 0 amide bonds. The van der Waals surface area contributed by atoms with Crippen molar-refractivity contribution in [2.75, 3.05) is 18.0 Å². The molecule has 0 atom stereocenters. The van der Waals surface area contributed by atoms with Crippen molar-refractivity contribution in [2.45, 2.75) is 71.8 Å². The number of rotatable bonds is 2. The summed E-state index contributed by atoms with van der Waals surface area (Å²) in [6, 6.07) is 20.9. The number of imidazole rings is 1. The highest BCUT2D eigenvalue weighted by molar-refractivity contribution is 6.14. The van der Waals surface area contributed by atoms with Gasteiger partial charge in [0.25, 0.3) is 5.65 Å². The number of aromatic nitrogens is 2. The number of aryl methyl sites for hydroxylation is 2. The van der Waals surface area contributed by atoms with Crippen LogP contribution in [0, 0.1) is 13.8 Å². The monoisotopic (exact) mass is 488 g/mol. The Bertz CT molecular complexity index is 1710. The zero-order chi connectivity index (χ0) is 25.7. The lowest BCUT2D eigenvalue weighted by Crippen LogP contribution is -2.63. The highest BCUT2D eigenvalue weighted by Crippen LogP contribution is 2.48. The van der Waals surface area contributed by atoms with Crippen molar-refractivity contribution < 1.29 is 4.57 Å². The Kier molecular flexibility index (Phi) is 4.69. The Balaban J connectivity index is 1.70. The van der Waals surface area contributed by atoms with Gasteiger partial charge in [-0.25, -0.2) is 4.57 Å². The topological polar surface area (TPSA) is 11.5 Å². The third kappa shape index (κ3) is 2.92. The number of nitrogens with zero attached hydrogens (tertiary/aromatic N) is 3. The van der Waals surface area contributed by atoms with E-state index in [2.05, 4.69) is 116 Å². The van der Waals surface area contributed by atoms with E-state index in [1.807, 2.05) is 0 Å². The molecule has 4 heterocycles. The van der Waals surface area contributed by atoms with Gasteiger partial charge in [-0.2, -0.15) is 4.40 Å². The first-order valence-corrected chi connectivity index (χ1v) is 14.0. The van der Waals surface area contributed by atoms with Crippen molar-refractivity contribution in [3.8, 4) is 11.3 Å². The van der Waals surface area contributed by atoms with Crippen LogP contribution in [0.25, 0.3) is 38.6 Å². The zero-order valence-corrected chi connectivity index (χ0v) is 23.2. The predicted octanol–water partition coefficient (Wildman–Crippen LogP) is 7.83. The molecule has 2 aromatic heterocycles. The van der Waals surface area contributed by atoms with Crippen molar-refractivity contribution in [3.63, 3.8) is 0 Å². The van der Waals surface area contributed by atoms with Gasteiger partial charge in [-0.1, -0.05) is 50.2 Å². The van der Waals surface area contributed by atoms with E-state index in [0.717, 1.165) is 13.1 Å². The van der Waals surface area contributed by atoms with E-state index < -0.39 is 0 Å². The average Bonchev–Trinajstić information content (AvgIpc) is 3.29. The summed E-state index contributed by atoms with van der Waals surface area (Å²) in [6.45, 7) is 16.5. The molecule has 188 valence electrons. The Morgan fingerprint density at radius 2 is 1.49 bits per heavy atom. The largest absolute Gasteiger partial charge is 0.372 e. The average molecular weight is 489 g/mol. The standard InChI is InChI=1S/C34H38N3/c1-22-12-10-13-23(2)30(22)29-21-36-32-31-25(14-11-15-27(31)33(3,4)34(36,5)6)26-20-24(16-17-28(26)37(29)32)35-18-8-7-9-19-35/h10-17,20-21H,7-9,18-19H2,1-6H3/q+1. The minimum Gasteiger partial charge on any atom is -0.372 e. The van der Waals surface area contributed by atoms with Gasteiger partial charge in [0, 0.05) is 40.5 Å². The van der Waals surface area contributed by atoms with Gasteiger partial charge in [-0.05, 0) is 81.8 Å². The maximum atomic E-state index is 2.59. The SMILES string of the molecule is Cc1cccc(C)c1-c1c[n+]2c3c4c(cccc4c4cc(N5CCCCC5)ccc4n13)C(C)(C)C2(C)C. The van der Waals surface area contributed by atoms with Gasteiger partial charge < -0.3 is 4.90 Å². The third-order valence-corrected chi connectivity index (χ3v) is 10.00. The molecule has 5 aromatic rings. The number of piperidine rings is 1. The molecule has 7 rings (SSSR count). The van der Waals surface area contributed by atoms with Gasteiger partial charge in [0.2, 0.25) is 0 Å². The van der Waals surface area contributed by atoms with E-state index >= 15 is 0 Å². The van der Waals surface area contributed by atoms with Crippen LogP contribution in [0.5, 0.6) is 0 Å². The van der Waals surface area contributed by atoms with Crippen molar-refractivity contribution in [1.29, 1.82) is 0 Å². The van der Waals surface area contributed by atoms with Gasteiger partial charge in [0.05, 0.1) is 5.39 Å². The van der Waals surface area contributed by atoms with Gasteiger partial charge in [0.1, 0.15) is 17.3 Å². The van der Waals surface area contributed by atoms with E-state index in [0.29, 0.717) is 0 Å². The van der Waals surface area contributed by atoms with Crippen LogP contribution >= 0.6 is 0 Å². The first-order chi connectivity index (χ1) is 17.7. The van der Waals surface area contributed by atoms with E-state index in [1.165, 1.54) is 80.2 Å². The summed E-state index contributed by atoms with van der Waals surface area (Å²) in [4.78, 5) is 2.59. The lowest BCUT2D eigenvalue weighted by Gasteiger charge is -2.42. The van der Waals surface area contributed by atoms with E-state index in [9.17, 15) is 0 Å². The first kappa shape index (κ1) is 22.8. The van der Waals surface area contributed by atoms with Crippen LogP contribution in [0.2, 0.25) is 0 Å². The smallest absolute Gasteiger partial charge is 0.296 e. The number of anilines is 1. The molecule has 2 aliphatic rings. The molecule has 1 fully saturated rings. The fourth-order valence-electron chi connectivity index (χ4n) is 7.21. The number of pyridine rings is 1. The molecule has 0 spiro atoms. The van der Waals surface area contributed by atoms with Gasteiger partial charge >= 0.3 is 0 Å². The van der Waals surface area contributed by atoms with Crippen LogP contribution in [0.1, 0.15) is 63.6 Å². The molecule has 37 heavy (non-hydrogen) atoms. The molecule has 2 aliphatic heterocycles. The summed E-state index contributed by atoms with van der Waals surface area (Å²) in [7, 11) is 0. The van der Waals surface area contributed by atoms with Gasteiger partial charge in [0.15, 0.2) is 5.69 Å². The molecule has 0 aliphatic carbocycles. The lowest BCUT2D eigenvalue weighted by atomic mass is 9.66. The van der Waals surface area contributed by atoms with Crippen LogP contribution in [-0.2, 0) is 11.0 Å². The molecular weight excluding hydrogens is 450 g/mol. The van der Waals surface area contributed by atoms with Crippen molar-refractivity contribution in [3.05, 3.63) is 77.5 Å². The minimum atomic E-state index is -0.0875. The summed E-state index contributed by atoms with van der Waals surface area (Å²) < 4.78 is 5.16. The van der Waals surface area contributed by atoms with Crippen molar-refractivity contribution in [1.82, 2.24) is 4.40 Å². The molecule has 3 heteroatoms. The van der Waals surface area contributed by atoms with Gasteiger partial charge in [-0.3, -0.25) is 0 Å². The maximum Gasteiger partial charge on any atom is 0.296 e. The number of hydrogen-bond acceptors (Lipinski definition) is 1. The van der Waals surface area contributed by atoms with Crippen LogP contribution in [0.3, 0.4) is 0 Å². The molecule has 0 bridgehead atoms. The highest BCUT2D eigenvalue weighted by atomic mass is 15.2. The number of fused-ring (bicyclic) bond motifs is 3. The summed E-state index contributed by atoms with van der Waals surface area (Å²) >= 11 is 0. The first-order valence-electron chi connectivity index (χ1n) is 14.0. The molecule has 0 saturated carbocycles. The second kappa shape index (κ2) is 7.60. The normalized spacial score (nSPS) is 18.4. The Labute approximate surface area is 220 Å². The maximum absolute atomic E-state index is 2.59. The fraction of sp³-hybridized carbons (Fsp3) is 0.382. The van der Waals surface area contributed by atoms with E-state index in [-0.39, 0.29) is 11.0 Å². The quantitative estimate of drug-likeness (QED) is 0.182. The van der Waals surface area contributed by atoms with E-state index in [4.69, 9.17) is 0 Å². The Hall–Kier alpha value is -3.33. The molecule has 0 unspecified atom stereocenters. The lowest BCUT2D eigenvalue weighted by molar-refractivity contribution is -0.744. The Morgan fingerprint density at radius 1 is 0.784 bits per heavy atom. The molecule has 0 radical (unpaired) electrons. The summed E-state index contributed by atoms with van der Waals surface area (Å²) in [6.07, 6.45) is 6.38. The zero-order valence-electron chi connectivity index (χ0n) is 23.2. The highest BCUT2D eigenvalue weighted by Gasteiger charge is 2.51. The number of hydrogen-bond donors (Lipinski definition) is 0. The van der Waals surface area contributed by atoms with E-state index in [1.54, 1.807) is 0 Å². The predicted molar refractivity (Wildman–Crippen MR) is 156 cm³/mol. The summed E-state index contributed by atoms with van der Waals surface area (Å²) in [5.41, 5.74) is 10.6. The second-order valence-electron chi connectivity index (χ2n) is 12.5. The Morgan fingerprint density at radius 3 is 2.22 bits per heavy atom. The van der Waals surface area contributed by atoms with Crippen LogP contribution in [0.4, 0.5) is 5.69 Å². The van der Waals surface area contributed by atoms with Crippen molar-refractivity contribution >= 4 is 33.0 Å². The molecule has 3 nitrogen and oxygen atoms in total. The van der Waals surface area contributed by atoms with Crippen molar-refractivity contribution in [2.24, 2.45) is 0 Å². The molecule has 1 saturated heterocycles. The van der Waals surface area contributed by atoms with Crippen LogP contribution in [0.15, 0.2) is 60.8 Å². The number of benzene rings is 3. The molecule has 0 N–H and O–H groups in total.